The Morgan fingerprint density at radius 2 is 1.76 bits per heavy atom. The maximum absolute atomic E-state index is 13.3. The van der Waals surface area contributed by atoms with Crippen molar-refractivity contribution in [1.29, 1.82) is 0 Å². The molecular formula is C24H26N4O. The highest BCUT2D eigenvalue weighted by molar-refractivity contribution is 6.02. The number of aryl methyl sites for hydroxylation is 2. The van der Waals surface area contributed by atoms with Crippen LogP contribution in [0.2, 0.25) is 0 Å². The first kappa shape index (κ1) is 18.0. The van der Waals surface area contributed by atoms with Gasteiger partial charge in [-0.2, -0.15) is 5.10 Å². The van der Waals surface area contributed by atoms with Gasteiger partial charge in [-0.1, -0.05) is 42.0 Å². The molecule has 1 aliphatic carbocycles. The minimum atomic E-state index is -0.170. The van der Waals surface area contributed by atoms with E-state index in [4.69, 9.17) is 5.10 Å². The first-order chi connectivity index (χ1) is 14.0. The van der Waals surface area contributed by atoms with Gasteiger partial charge >= 0.3 is 0 Å². The smallest absolute Gasteiger partial charge is 0.258 e. The normalized spacial score (nSPS) is 18.5. The Balaban J connectivity index is 1.53. The van der Waals surface area contributed by atoms with Gasteiger partial charge < -0.3 is 10.2 Å². The van der Waals surface area contributed by atoms with Crippen LogP contribution >= 0.6 is 0 Å². The van der Waals surface area contributed by atoms with Crippen molar-refractivity contribution >= 4 is 11.6 Å². The van der Waals surface area contributed by atoms with Crippen LogP contribution in [0.1, 0.15) is 57.4 Å². The van der Waals surface area contributed by atoms with E-state index in [9.17, 15) is 4.79 Å². The van der Waals surface area contributed by atoms with Gasteiger partial charge in [-0.25, -0.2) is 0 Å². The van der Waals surface area contributed by atoms with E-state index in [1.165, 1.54) is 11.1 Å². The second-order valence-electron chi connectivity index (χ2n) is 8.26. The minimum Gasteiger partial charge on any atom is -0.361 e. The molecule has 5 heteroatoms. The topological polar surface area (TPSA) is 50.2 Å². The van der Waals surface area contributed by atoms with Gasteiger partial charge in [0.2, 0.25) is 0 Å². The van der Waals surface area contributed by atoms with Crippen molar-refractivity contribution in [1.82, 2.24) is 14.7 Å². The highest BCUT2D eigenvalue weighted by Crippen LogP contribution is 2.42. The lowest BCUT2D eigenvalue weighted by Crippen LogP contribution is -2.44. The summed E-state index contributed by atoms with van der Waals surface area (Å²) in [4.78, 5) is 15.3. The molecule has 3 aromatic rings. The summed E-state index contributed by atoms with van der Waals surface area (Å²) in [6, 6.07) is 16.7. The SMILES string of the molecule is Cc1ccc(Cn2nc(C)c(C3Nc4ccccc4C(=O)N3C3CC3)c2C)cc1. The van der Waals surface area contributed by atoms with Gasteiger partial charge in [0, 0.05) is 23.0 Å². The van der Waals surface area contributed by atoms with Gasteiger partial charge in [-0.05, 0) is 51.3 Å². The highest BCUT2D eigenvalue weighted by Gasteiger charge is 2.43. The van der Waals surface area contributed by atoms with E-state index in [-0.39, 0.29) is 12.1 Å². The second-order valence-corrected chi connectivity index (χ2v) is 8.26. The monoisotopic (exact) mass is 386 g/mol. The molecule has 1 atom stereocenters. The van der Waals surface area contributed by atoms with Crippen LogP contribution in [0.5, 0.6) is 0 Å². The molecule has 2 aliphatic rings. The number of para-hydroxylation sites is 1. The summed E-state index contributed by atoms with van der Waals surface area (Å²) in [5.41, 5.74) is 7.36. The third-order valence-electron chi connectivity index (χ3n) is 6.07. The predicted octanol–water partition coefficient (Wildman–Crippen LogP) is 4.59. The van der Waals surface area contributed by atoms with E-state index >= 15 is 0 Å². The second kappa shape index (κ2) is 6.76. The molecule has 0 saturated heterocycles. The van der Waals surface area contributed by atoms with Gasteiger partial charge in [-0.3, -0.25) is 9.48 Å². The van der Waals surface area contributed by atoms with E-state index in [1.807, 2.05) is 36.1 Å². The van der Waals surface area contributed by atoms with Crippen LogP contribution in [0.3, 0.4) is 0 Å². The number of aromatic nitrogens is 2. The standard InChI is InChI=1S/C24H26N4O/c1-15-8-10-18(11-9-15)14-27-17(3)22(16(2)26-27)23-25-21-7-5-4-6-20(21)24(29)28(23)19-12-13-19/h4-11,19,23,25H,12-14H2,1-3H3. The van der Waals surface area contributed by atoms with Gasteiger partial charge in [0.15, 0.2) is 0 Å². The quantitative estimate of drug-likeness (QED) is 0.714. The average molecular weight is 386 g/mol. The fourth-order valence-electron chi connectivity index (χ4n) is 4.34. The highest BCUT2D eigenvalue weighted by atomic mass is 16.2. The zero-order chi connectivity index (χ0) is 20.1. The molecule has 0 radical (unpaired) electrons. The summed E-state index contributed by atoms with van der Waals surface area (Å²) < 4.78 is 2.06. The van der Waals surface area contributed by atoms with Crippen LogP contribution < -0.4 is 5.32 Å². The van der Waals surface area contributed by atoms with Crippen LogP contribution in [0, 0.1) is 20.8 Å². The molecule has 29 heavy (non-hydrogen) atoms. The summed E-state index contributed by atoms with van der Waals surface area (Å²) in [5.74, 6) is 0.122. The zero-order valence-electron chi connectivity index (χ0n) is 17.1. The molecule has 1 amide bonds. The van der Waals surface area contributed by atoms with Crippen molar-refractivity contribution < 1.29 is 4.79 Å². The molecule has 1 aromatic heterocycles. The Morgan fingerprint density at radius 1 is 1.03 bits per heavy atom. The Hall–Kier alpha value is -3.08. The first-order valence-corrected chi connectivity index (χ1v) is 10.3. The molecule has 5 rings (SSSR count). The summed E-state index contributed by atoms with van der Waals surface area (Å²) in [5, 5.41) is 8.47. The van der Waals surface area contributed by atoms with Crippen molar-refractivity contribution in [2.45, 2.75) is 52.4 Å². The number of nitrogens with zero attached hydrogens (tertiary/aromatic N) is 3. The molecule has 148 valence electrons. The van der Waals surface area contributed by atoms with Crippen LogP contribution in [-0.4, -0.2) is 26.6 Å². The largest absolute Gasteiger partial charge is 0.361 e. The number of rotatable bonds is 4. The van der Waals surface area contributed by atoms with E-state index in [1.54, 1.807) is 0 Å². The lowest BCUT2D eigenvalue weighted by atomic mass is 10.0. The molecule has 1 unspecified atom stereocenters. The molecule has 1 saturated carbocycles. The van der Waals surface area contributed by atoms with Gasteiger partial charge in [0.25, 0.3) is 5.91 Å². The van der Waals surface area contributed by atoms with Crippen molar-refractivity contribution in [3.8, 4) is 0 Å². The minimum absolute atomic E-state index is 0.122. The molecule has 5 nitrogen and oxygen atoms in total. The van der Waals surface area contributed by atoms with Crippen LogP contribution in [0.15, 0.2) is 48.5 Å². The Labute approximate surface area is 171 Å². The molecule has 2 heterocycles. The molecule has 1 fully saturated rings. The number of fused-ring (bicyclic) bond motifs is 1. The van der Waals surface area contributed by atoms with E-state index < -0.39 is 0 Å². The zero-order valence-corrected chi connectivity index (χ0v) is 17.1. The Kier molecular flexibility index (Phi) is 4.19. The first-order valence-electron chi connectivity index (χ1n) is 10.3. The fraction of sp³-hybridized carbons (Fsp3) is 0.333. The maximum Gasteiger partial charge on any atom is 0.258 e. The van der Waals surface area contributed by atoms with Gasteiger partial charge in [0.1, 0.15) is 6.17 Å². The van der Waals surface area contributed by atoms with Crippen molar-refractivity contribution in [3.63, 3.8) is 0 Å². The predicted molar refractivity (Wildman–Crippen MR) is 114 cm³/mol. The summed E-state index contributed by atoms with van der Waals surface area (Å²) >= 11 is 0. The number of carbonyl (C=O) groups excluding carboxylic acids is 1. The fourth-order valence-corrected chi connectivity index (χ4v) is 4.34. The van der Waals surface area contributed by atoms with Gasteiger partial charge in [0.05, 0.1) is 17.8 Å². The van der Waals surface area contributed by atoms with E-state index in [0.29, 0.717) is 6.04 Å². The molecule has 0 spiro atoms. The third kappa shape index (κ3) is 3.11. The van der Waals surface area contributed by atoms with Crippen molar-refractivity contribution in [2.75, 3.05) is 5.32 Å². The summed E-state index contributed by atoms with van der Waals surface area (Å²) in [6.45, 7) is 6.99. The lowest BCUT2D eigenvalue weighted by Gasteiger charge is -2.38. The molecule has 1 N–H and O–H groups in total. The van der Waals surface area contributed by atoms with E-state index in [0.717, 1.165) is 47.6 Å². The van der Waals surface area contributed by atoms with Crippen LogP contribution in [0.25, 0.3) is 0 Å². The summed E-state index contributed by atoms with van der Waals surface area (Å²) in [6.07, 6.45) is 1.97. The maximum atomic E-state index is 13.3. The number of carbonyl (C=O) groups is 1. The average Bonchev–Trinajstić information content (AvgIpc) is 3.50. The molecular weight excluding hydrogens is 360 g/mol. The van der Waals surface area contributed by atoms with Crippen molar-refractivity contribution in [3.05, 3.63) is 82.2 Å². The number of hydrogen-bond donors (Lipinski definition) is 1. The number of hydrogen-bond acceptors (Lipinski definition) is 3. The number of anilines is 1. The molecule has 2 aromatic carbocycles. The Bertz CT molecular complexity index is 1080. The Morgan fingerprint density at radius 3 is 2.48 bits per heavy atom. The molecule has 0 bridgehead atoms. The summed E-state index contributed by atoms with van der Waals surface area (Å²) in [7, 11) is 0. The van der Waals surface area contributed by atoms with E-state index in [2.05, 4.69) is 48.1 Å². The number of nitrogens with one attached hydrogen (secondary N) is 1. The molecule has 1 aliphatic heterocycles. The number of amides is 1. The van der Waals surface area contributed by atoms with Crippen LogP contribution in [0.4, 0.5) is 5.69 Å². The van der Waals surface area contributed by atoms with Crippen LogP contribution in [-0.2, 0) is 6.54 Å². The lowest BCUT2D eigenvalue weighted by molar-refractivity contribution is 0.0665. The number of benzene rings is 2. The van der Waals surface area contributed by atoms with Gasteiger partial charge in [-0.15, -0.1) is 0 Å². The third-order valence-corrected chi connectivity index (χ3v) is 6.07. The van der Waals surface area contributed by atoms with Crippen molar-refractivity contribution in [2.24, 2.45) is 0 Å².